The molecule has 2 saturated heterocycles. The molecule has 48 heavy (non-hydrogen) atoms. The smallest absolute Gasteiger partial charge is 0.416 e. The van der Waals surface area contributed by atoms with E-state index in [0.29, 0.717) is 22.2 Å². The lowest BCUT2D eigenvalue weighted by atomic mass is 10.0. The SMILES string of the molecule is CC(C)(C)OC(=O)N1CCN(S(=O)(=O)CCN2CC(c3cccc(C(F)(F)F)c3)N(c3ccc(Oc4ccc(Cl)cc4)cc3)C2=O)CC1. The Bertz CT molecular complexity index is 1730. The highest BCUT2D eigenvalue weighted by molar-refractivity contribution is 7.89. The zero-order valence-electron chi connectivity index (χ0n) is 26.6. The summed E-state index contributed by atoms with van der Waals surface area (Å²) in [5, 5.41) is 0.545. The summed E-state index contributed by atoms with van der Waals surface area (Å²) in [6.07, 6.45) is -5.11. The fourth-order valence-corrected chi connectivity index (χ4v) is 7.01. The van der Waals surface area contributed by atoms with E-state index in [1.807, 2.05) is 0 Å². The van der Waals surface area contributed by atoms with Crippen LogP contribution >= 0.6 is 11.6 Å². The van der Waals surface area contributed by atoms with E-state index in [1.54, 1.807) is 69.3 Å². The van der Waals surface area contributed by atoms with E-state index >= 15 is 0 Å². The van der Waals surface area contributed by atoms with Crippen molar-refractivity contribution in [3.63, 3.8) is 0 Å². The van der Waals surface area contributed by atoms with Gasteiger partial charge < -0.3 is 19.3 Å². The highest BCUT2D eigenvalue weighted by Gasteiger charge is 2.41. The van der Waals surface area contributed by atoms with Crippen molar-refractivity contribution in [3.8, 4) is 11.5 Å². The Morgan fingerprint density at radius 3 is 2.10 bits per heavy atom. The number of anilines is 1. The molecule has 0 aromatic heterocycles. The molecule has 1 unspecified atom stereocenters. The fraction of sp³-hybridized carbons (Fsp3) is 0.394. The maximum atomic E-state index is 13.8. The second-order valence-corrected chi connectivity index (χ2v) is 15.0. The molecule has 2 aliphatic rings. The molecule has 1 atom stereocenters. The molecule has 0 spiro atoms. The monoisotopic (exact) mass is 708 g/mol. The predicted octanol–water partition coefficient (Wildman–Crippen LogP) is 7.02. The van der Waals surface area contributed by atoms with E-state index in [1.165, 1.54) is 31.1 Å². The first-order chi connectivity index (χ1) is 22.5. The third-order valence-electron chi connectivity index (χ3n) is 7.85. The van der Waals surface area contributed by atoms with Crippen LogP contribution in [-0.2, 0) is 20.9 Å². The summed E-state index contributed by atoms with van der Waals surface area (Å²) < 4.78 is 80.0. The number of amides is 3. The van der Waals surface area contributed by atoms with E-state index in [9.17, 15) is 31.2 Å². The van der Waals surface area contributed by atoms with Gasteiger partial charge in [-0.25, -0.2) is 18.0 Å². The Balaban J connectivity index is 1.31. The second-order valence-electron chi connectivity index (χ2n) is 12.5. The number of sulfonamides is 1. The molecule has 0 saturated carbocycles. The van der Waals surface area contributed by atoms with Crippen molar-refractivity contribution in [2.45, 2.75) is 38.6 Å². The molecular weight excluding hydrogens is 673 g/mol. The van der Waals surface area contributed by atoms with Crippen molar-refractivity contribution in [1.29, 1.82) is 0 Å². The predicted molar refractivity (Wildman–Crippen MR) is 175 cm³/mol. The summed E-state index contributed by atoms with van der Waals surface area (Å²) in [6, 6.07) is 16.6. The highest BCUT2D eigenvalue weighted by atomic mass is 35.5. The molecule has 0 N–H and O–H groups in total. The van der Waals surface area contributed by atoms with Crippen LogP contribution in [0.5, 0.6) is 11.5 Å². The first kappa shape index (κ1) is 35.3. The maximum Gasteiger partial charge on any atom is 0.416 e. The molecule has 15 heteroatoms. The molecule has 2 fully saturated rings. The number of urea groups is 1. The maximum absolute atomic E-state index is 13.8. The minimum atomic E-state index is -4.59. The van der Waals surface area contributed by atoms with Gasteiger partial charge >= 0.3 is 18.3 Å². The second kappa shape index (κ2) is 13.8. The number of carbonyl (C=O) groups excluding carboxylic acids is 2. The summed E-state index contributed by atoms with van der Waals surface area (Å²) in [6.45, 7) is 5.46. The number of hydrogen-bond acceptors (Lipinski definition) is 6. The fourth-order valence-electron chi connectivity index (χ4n) is 5.45. The Kier molecular flexibility index (Phi) is 10.2. The Morgan fingerprint density at radius 1 is 0.917 bits per heavy atom. The van der Waals surface area contributed by atoms with E-state index < -0.39 is 51.3 Å². The van der Waals surface area contributed by atoms with Crippen molar-refractivity contribution in [2.24, 2.45) is 0 Å². The van der Waals surface area contributed by atoms with Gasteiger partial charge in [-0.2, -0.15) is 17.5 Å². The molecule has 0 bridgehead atoms. The van der Waals surface area contributed by atoms with E-state index in [2.05, 4.69) is 0 Å². The Hall–Kier alpha value is -4.01. The van der Waals surface area contributed by atoms with Crippen molar-refractivity contribution in [3.05, 3.63) is 88.9 Å². The largest absolute Gasteiger partial charge is 0.457 e. The Labute approximate surface area is 282 Å². The van der Waals surface area contributed by atoms with E-state index in [4.69, 9.17) is 21.1 Å². The average Bonchev–Trinajstić information content (AvgIpc) is 3.36. The van der Waals surface area contributed by atoms with Crippen molar-refractivity contribution in [1.82, 2.24) is 14.1 Å². The number of halogens is 4. The lowest BCUT2D eigenvalue weighted by Gasteiger charge is -2.35. The van der Waals surface area contributed by atoms with Crippen LogP contribution in [0.25, 0.3) is 0 Å². The number of benzene rings is 3. The molecule has 3 aromatic rings. The number of ether oxygens (including phenoxy) is 2. The van der Waals surface area contributed by atoms with Crippen LogP contribution in [0.1, 0.15) is 37.9 Å². The van der Waals surface area contributed by atoms with Gasteiger partial charge in [-0.1, -0.05) is 23.7 Å². The van der Waals surface area contributed by atoms with Gasteiger partial charge in [-0.3, -0.25) is 4.90 Å². The minimum absolute atomic E-state index is 0.0366. The molecule has 3 aromatic carbocycles. The quantitative estimate of drug-likeness (QED) is 0.250. The molecule has 0 radical (unpaired) electrons. The Morgan fingerprint density at radius 2 is 1.52 bits per heavy atom. The van der Waals surface area contributed by atoms with Crippen LogP contribution in [0, 0.1) is 0 Å². The lowest BCUT2D eigenvalue weighted by Crippen LogP contribution is -2.52. The number of carbonyl (C=O) groups is 2. The number of alkyl halides is 3. The topological polar surface area (TPSA) is 99.7 Å². The number of rotatable bonds is 8. The van der Waals surface area contributed by atoms with Crippen molar-refractivity contribution < 1.29 is 40.7 Å². The molecule has 0 aliphatic carbocycles. The van der Waals surface area contributed by atoms with Gasteiger partial charge in [0, 0.05) is 50.0 Å². The number of hydrogen-bond donors (Lipinski definition) is 0. The molecule has 258 valence electrons. The lowest BCUT2D eigenvalue weighted by molar-refractivity contribution is -0.137. The van der Waals surface area contributed by atoms with Crippen LogP contribution < -0.4 is 9.64 Å². The van der Waals surface area contributed by atoms with Crippen LogP contribution in [0.15, 0.2) is 72.8 Å². The normalized spacial score (nSPS) is 17.9. The van der Waals surface area contributed by atoms with Crippen LogP contribution in [0.4, 0.5) is 28.4 Å². The summed E-state index contributed by atoms with van der Waals surface area (Å²) >= 11 is 5.94. The van der Waals surface area contributed by atoms with Gasteiger partial charge in [0.1, 0.15) is 17.1 Å². The summed E-state index contributed by atoms with van der Waals surface area (Å²) in [4.78, 5) is 30.4. The first-order valence-corrected chi connectivity index (χ1v) is 17.2. The van der Waals surface area contributed by atoms with Gasteiger partial charge in [-0.05, 0) is 87.0 Å². The summed E-state index contributed by atoms with van der Waals surface area (Å²) in [7, 11) is -3.84. The van der Waals surface area contributed by atoms with Crippen LogP contribution in [0.3, 0.4) is 0 Å². The summed E-state index contributed by atoms with van der Waals surface area (Å²) in [5.74, 6) is 0.588. The van der Waals surface area contributed by atoms with Crippen LogP contribution in [0.2, 0.25) is 5.02 Å². The summed E-state index contributed by atoms with van der Waals surface area (Å²) in [5.41, 5.74) is -0.890. The van der Waals surface area contributed by atoms with Crippen molar-refractivity contribution in [2.75, 3.05) is 49.9 Å². The molecule has 2 aliphatic heterocycles. The standard InChI is InChI=1S/C33H36ClF3N4O6S/c1-32(2,3)47-31(43)38-15-17-40(18-16-38)48(44,45)20-19-39-22-29(23-5-4-6-24(21-23)33(35,36)37)41(30(39)42)26-9-13-28(14-10-26)46-27-11-7-25(34)8-12-27/h4-14,21,29H,15-20,22H2,1-3H3. The van der Waals surface area contributed by atoms with Crippen LogP contribution in [-0.4, -0.2) is 85.3 Å². The van der Waals surface area contributed by atoms with Gasteiger partial charge in [0.2, 0.25) is 10.0 Å². The number of piperazine rings is 1. The van der Waals surface area contributed by atoms with Crippen molar-refractivity contribution >= 4 is 39.4 Å². The third kappa shape index (κ3) is 8.52. The number of nitrogens with zero attached hydrogens (tertiary/aromatic N) is 4. The van der Waals surface area contributed by atoms with Gasteiger partial charge in [0.05, 0.1) is 17.4 Å². The zero-order valence-corrected chi connectivity index (χ0v) is 28.2. The molecule has 3 amide bonds. The van der Waals surface area contributed by atoms with Gasteiger partial charge in [0.15, 0.2) is 0 Å². The average molecular weight is 709 g/mol. The van der Waals surface area contributed by atoms with E-state index in [0.717, 1.165) is 12.1 Å². The zero-order chi connectivity index (χ0) is 34.9. The first-order valence-electron chi connectivity index (χ1n) is 15.2. The molecule has 2 heterocycles. The van der Waals surface area contributed by atoms with E-state index in [-0.39, 0.29) is 44.8 Å². The van der Waals surface area contributed by atoms with Gasteiger partial charge in [-0.15, -0.1) is 0 Å². The molecule has 10 nitrogen and oxygen atoms in total. The highest BCUT2D eigenvalue weighted by Crippen LogP contribution is 2.38. The third-order valence-corrected chi connectivity index (χ3v) is 9.95. The molecule has 5 rings (SSSR count). The van der Waals surface area contributed by atoms with Gasteiger partial charge in [0.25, 0.3) is 0 Å². The molecular formula is C33H36ClF3N4O6S. The minimum Gasteiger partial charge on any atom is -0.457 e.